The van der Waals surface area contributed by atoms with Crippen LogP contribution in [0.2, 0.25) is 0 Å². The monoisotopic (exact) mass is 327 g/mol. The summed E-state index contributed by atoms with van der Waals surface area (Å²) in [6.07, 6.45) is 2.68. The fourth-order valence-corrected chi connectivity index (χ4v) is 3.55. The van der Waals surface area contributed by atoms with Crippen LogP contribution < -0.4 is 4.74 Å². The highest BCUT2D eigenvalue weighted by molar-refractivity contribution is 5.85. The normalized spacial score (nSPS) is 23.0. The molecule has 1 fully saturated rings. The molecule has 6 heteroatoms. The van der Waals surface area contributed by atoms with Crippen molar-refractivity contribution in [1.29, 1.82) is 0 Å². The summed E-state index contributed by atoms with van der Waals surface area (Å²) < 4.78 is 10.9. The fraction of sp³-hybridized carbons (Fsp3) is 0.500. The number of nitrogens with zero attached hydrogens (tertiary/aromatic N) is 3. The van der Waals surface area contributed by atoms with E-state index in [4.69, 9.17) is 9.26 Å². The molecule has 0 spiro atoms. The second-order valence-electron chi connectivity index (χ2n) is 6.42. The van der Waals surface area contributed by atoms with E-state index >= 15 is 0 Å². The van der Waals surface area contributed by atoms with Gasteiger partial charge in [0.25, 0.3) is 0 Å². The molecule has 2 aliphatic heterocycles. The SMILES string of the molecule is CCc1nc([C@@H]2CCCN(C(=O)[C@@H]3COc4ccccc43)C2)no1. The molecule has 126 valence electrons. The maximum absolute atomic E-state index is 13.0. The number of fused-ring (bicyclic) bond motifs is 1. The van der Waals surface area contributed by atoms with Crippen molar-refractivity contribution in [3.63, 3.8) is 0 Å². The summed E-state index contributed by atoms with van der Waals surface area (Å²) in [5, 5.41) is 4.09. The van der Waals surface area contributed by atoms with E-state index in [-0.39, 0.29) is 17.7 Å². The molecule has 1 amide bonds. The van der Waals surface area contributed by atoms with Gasteiger partial charge in [-0.25, -0.2) is 0 Å². The Hall–Kier alpha value is -2.37. The molecule has 6 nitrogen and oxygen atoms in total. The van der Waals surface area contributed by atoms with Crippen molar-refractivity contribution in [2.75, 3.05) is 19.7 Å². The zero-order valence-electron chi connectivity index (χ0n) is 13.8. The number of carbonyl (C=O) groups excluding carboxylic acids is 1. The highest BCUT2D eigenvalue weighted by atomic mass is 16.5. The van der Waals surface area contributed by atoms with E-state index < -0.39 is 0 Å². The second-order valence-corrected chi connectivity index (χ2v) is 6.42. The minimum Gasteiger partial charge on any atom is -0.492 e. The van der Waals surface area contributed by atoms with Gasteiger partial charge < -0.3 is 14.2 Å². The molecular formula is C18H21N3O3. The zero-order valence-corrected chi connectivity index (χ0v) is 13.8. The molecule has 1 aromatic heterocycles. The summed E-state index contributed by atoms with van der Waals surface area (Å²) in [5.41, 5.74) is 0.998. The van der Waals surface area contributed by atoms with Gasteiger partial charge in [-0.3, -0.25) is 4.79 Å². The Labute approximate surface area is 140 Å². The lowest BCUT2D eigenvalue weighted by atomic mass is 9.94. The van der Waals surface area contributed by atoms with E-state index in [0.717, 1.165) is 42.9 Å². The number of hydrogen-bond donors (Lipinski definition) is 0. The third-order valence-electron chi connectivity index (χ3n) is 4.88. The van der Waals surface area contributed by atoms with Gasteiger partial charge in [0.05, 0.1) is 0 Å². The predicted octanol–water partition coefficient (Wildman–Crippen LogP) is 2.51. The van der Waals surface area contributed by atoms with Crippen molar-refractivity contribution in [1.82, 2.24) is 15.0 Å². The van der Waals surface area contributed by atoms with Gasteiger partial charge in [-0.1, -0.05) is 30.3 Å². The summed E-state index contributed by atoms with van der Waals surface area (Å²) in [5.74, 6) is 2.32. The molecule has 2 atom stereocenters. The van der Waals surface area contributed by atoms with Crippen LogP contribution in [0.3, 0.4) is 0 Å². The summed E-state index contributed by atoms with van der Waals surface area (Å²) in [6.45, 7) is 3.86. The van der Waals surface area contributed by atoms with Crippen LogP contribution >= 0.6 is 0 Å². The first-order chi connectivity index (χ1) is 11.8. The van der Waals surface area contributed by atoms with Gasteiger partial charge in [0.1, 0.15) is 18.3 Å². The topological polar surface area (TPSA) is 68.5 Å². The van der Waals surface area contributed by atoms with E-state index in [2.05, 4.69) is 10.1 Å². The highest BCUT2D eigenvalue weighted by Crippen LogP contribution is 2.36. The van der Waals surface area contributed by atoms with Gasteiger partial charge >= 0.3 is 0 Å². The first kappa shape index (κ1) is 15.2. The molecule has 0 bridgehead atoms. The van der Waals surface area contributed by atoms with Crippen molar-refractivity contribution < 1.29 is 14.1 Å². The van der Waals surface area contributed by atoms with Gasteiger partial charge in [0.15, 0.2) is 5.82 Å². The second kappa shape index (κ2) is 6.26. The Balaban J connectivity index is 1.49. The number of aryl methyl sites for hydroxylation is 1. The molecule has 0 saturated carbocycles. The first-order valence-electron chi connectivity index (χ1n) is 8.59. The van der Waals surface area contributed by atoms with Gasteiger partial charge in [-0.15, -0.1) is 0 Å². The van der Waals surface area contributed by atoms with Crippen molar-refractivity contribution in [2.45, 2.75) is 38.0 Å². The lowest BCUT2D eigenvalue weighted by Gasteiger charge is -2.32. The quantitative estimate of drug-likeness (QED) is 0.866. The van der Waals surface area contributed by atoms with Gasteiger partial charge in [-0.05, 0) is 18.9 Å². The molecule has 4 rings (SSSR count). The molecule has 0 unspecified atom stereocenters. The van der Waals surface area contributed by atoms with Gasteiger partial charge in [0, 0.05) is 31.0 Å². The van der Waals surface area contributed by atoms with Crippen molar-refractivity contribution >= 4 is 5.91 Å². The van der Waals surface area contributed by atoms with Crippen LogP contribution in [0.4, 0.5) is 0 Å². The Morgan fingerprint density at radius 1 is 1.38 bits per heavy atom. The summed E-state index contributed by atoms with van der Waals surface area (Å²) in [6, 6.07) is 7.80. The number of likely N-dealkylation sites (tertiary alicyclic amines) is 1. The number of amides is 1. The number of piperidine rings is 1. The summed E-state index contributed by atoms with van der Waals surface area (Å²) in [7, 11) is 0. The maximum atomic E-state index is 13.0. The standard InChI is InChI=1S/C18H21N3O3/c1-2-16-19-17(20-24-16)12-6-5-9-21(10-12)18(22)14-11-23-15-8-4-3-7-13(14)15/h3-4,7-8,12,14H,2,5-6,9-11H2,1H3/t12-,14-/m1/s1. The van der Waals surface area contributed by atoms with E-state index in [1.54, 1.807) is 0 Å². The predicted molar refractivity (Wildman–Crippen MR) is 86.9 cm³/mol. The number of ether oxygens (including phenoxy) is 1. The van der Waals surface area contributed by atoms with E-state index in [9.17, 15) is 4.79 Å². The molecule has 2 aromatic rings. The third kappa shape index (κ3) is 2.66. The number of para-hydroxylation sites is 1. The minimum atomic E-state index is -0.198. The molecule has 0 N–H and O–H groups in total. The molecule has 0 aliphatic carbocycles. The molecule has 0 radical (unpaired) electrons. The fourth-order valence-electron chi connectivity index (χ4n) is 3.55. The first-order valence-corrected chi connectivity index (χ1v) is 8.59. The van der Waals surface area contributed by atoms with Gasteiger partial charge in [0.2, 0.25) is 11.8 Å². The largest absolute Gasteiger partial charge is 0.492 e. The van der Waals surface area contributed by atoms with Crippen molar-refractivity contribution in [3.05, 3.63) is 41.5 Å². The Bertz CT molecular complexity index is 743. The Kier molecular flexibility index (Phi) is 3.96. The summed E-state index contributed by atoms with van der Waals surface area (Å²) >= 11 is 0. The molecule has 1 saturated heterocycles. The zero-order chi connectivity index (χ0) is 16.5. The van der Waals surface area contributed by atoms with Gasteiger partial charge in [-0.2, -0.15) is 4.98 Å². The van der Waals surface area contributed by atoms with E-state index in [0.29, 0.717) is 19.0 Å². The van der Waals surface area contributed by atoms with Crippen LogP contribution in [-0.4, -0.2) is 40.6 Å². The minimum absolute atomic E-state index is 0.142. The lowest BCUT2D eigenvalue weighted by Crippen LogP contribution is -2.42. The molecule has 3 heterocycles. The number of aromatic nitrogens is 2. The van der Waals surface area contributed by atoms with Crippen LogP contribution in [0.25, 0.3) is 0 Å². The average molecular weight is 327 g/mol. The van der Waals surface area contributed by atoms with Crippen LogP contribution in [-0.2, 0) is 11.2 Å². The molecule has 24 heavy (non-hydrogen) atoms. The van der Waals surface area contributed by atoms with Crippen molar-refractivity contribution in [2.24, 2.45) is 0 Å². The number of carbonyl (C=O) groups is 1. The molecule has 2 aliphatic rings. The lowest BCUT2D eigenvalue weighted by molar-refractivity contribution is -0.134. The van der Waals surface area contributed by atoms with E-state index in [1.807, 2.05) is 36.1 Å². The van der Waals surface area contributed by atoms with Crippen LogP contribution in [0.5, 0.6) is 5.75 Å². The van der Waals surface area contributed by atoms with Crippen molar-refractivity contribution in [3.8, 4) is 5.75 Å². The number of rotatable bonds is 3. The average Bonchev–Trinajstić information content (AvgIpc) is 3.28. The summed E-state index contributed by atoms with van der Waals surface area (Å²) in [4.78, 5) is 19.4. The van der Waals surface area contributed by atoms with E-state index in [1.165, 1.54) is 0 Å². The van der Waals surface area contributed by atoms with Crippen LogP contribution in [0.1, 0.15) is 48.9 Å². The highest BCUT2D eigenvalue weighted by Gasteiger charge is 2.36. The number of benzene rings is 1. The van der Waals surface area contributed by atoms with Crippen LogP contribution in [0, 0.1) is 0 Å². The Morgan fingerprint density at radius 2 is 2.25 bits per heavy atom. The smallest absolute Gasteiger partial charge is 0.233 e. The molecule has 1 aromatic carbocycles. The number of hydrogen-bond acceptors (Lipinski definition) is 5. The third-order valence-corrected chi connectivity index (χ3v) is 4.88. The maximum Gasteiger partial charge on any atom is 0.233 e. The molecular weight excluding hydrogens is 306 g/mol. The van der Waals surface area contributed by atoms with Crippen LogP contribution in [0.15, 0.2) is 28.8 Å². The Morgan fingerprint density at radius 3 is 3.08 bits per heavy atom.